The number of para-hydroxylation sites is 1. The zero-order chi connectivity index (χ0) is 47.7. The number of thioether (sulfide) groups is 1. The van der Waals surface area contributed by atoms with Gasteiger partial charge in [0.1, 0.15) is 23.0 Å². The molecule has 0 bridgehead atoms. The van der Waals surface area contributed by atoms with Gasteiger partial charge in [0, 0.05) is 72.5 Å². The van der Waals surface area contributed by atoms with Crippen LogP contribution in [0.1, 0.15) is 62.0 Å². The Balaban J connectivity index is 1.28. The van der Waals surface area contributed by atoms with Crippen molar-refractivity contribution in [1.82, 2.24) is 9.29 Å². The Bertz CT molecular complexity index is 2710. The summed E-state index contributed by atoms with van der Waals surface area (Å²) < 4.78 is 52.6. The molecule has 4 aromatic carbocycles. The van der Waals surface area contributed by atoms with Gasteiger partial charge in [-0.2, -0.15) is 4.31 Å². The number of aliphatic hydroxyl groups is 2. The van der Waals surface area contributed by atoms with E-state index in [-0.39, 0.29) is 61.2 Å². The Hall–Kier alpha value is -5.62. The highest BCUT2D eigenvalue weighted by Gasteiger charge is 2.65. The fourth-order valence-electron chi connectivity index (χ4n) is 10.1. The van der Waals surface area contributed by atoms with Gasteiger partial charge in [-0.1, -0.05) is 66.5 Å². The molecule has 5 aromatic rings. The molecular formula is C52H58N4O10S2. The maximum atomic E-state index is 15.3. The van der Waals surface area contributed by atoms with Crippen molar-refractivity contribution in [3.8, 4) is 11.5 Å². The average Bonchev–Trinajstić information content (AvgIpc) is 3.36. The Labute approximate surface area is 401 Å². The molecule has 0 amide bonds. The summed E-state index contributed by atoms with van der Waals surface area (Å²) in [6.07, 6.45) is 9.66. The minimum Gasteiger partial charge on any atom is -0.493 e. The topological polar surface area (TPSA) is 183 Å². The molecule has 68 heavy (non-hydrogen) atoms. The van der Waals surface area contributed by atoms with E-state index < -0.39 is 32.7 Å². The molecule has 0 radical (unpaired) electrons. The van der Waals surface area contributed by atoms with Gasteiger partial charge < -0.3 is 29.3 Å². The Morgan fingerprint density at radius 3 is 2.50 bits per heavy atom. The number of nitro benzene ring substituents is 1. The number of nitrogens with zero attached hydrogens (tertiary/aromatic N) is 4. The third-order valence-corrected chi connectivity index (χ3v) is 16.1. The van der Waals surface area contributed by atoms with Crippen molar-refractivity contribution >= 4 is 44.1 Å². The van der Waals surface area contributed by atoms with E-state index in [0.29, 0.717) is 53.1 Å². The molecule has 1 aliphatic heterocycles. The maximum absolute atomic E-state index is 15.3. The van der Waals surface area contributed by atoms with Gasteiger partial charge in [0.25, 0.3) is 5.69 Å². The smallest absolute Gasteiger partial charge is 0.269 e. The first-order valence-corrected chi connectivity index (χ1v) is 25.6. The predicted octanol–water partition coefficient (Wildman–Crippen LogP) is 9.47. The molecule has 14 nitrogen and oxygen atoms in total. The van der Waals surface area contributed by atoms with Gasteiger partial charge >= 0.3 is 0 Å². The molecular weight excluding hydrogens is 905 g/mol. The Morgan fingerprint density at radius 2 is 1.75 bits per heavy atom. The molecule has 2 heterocycles. The summed E-state index contributed by atoms with van der Waals surface area (Å²) in [4.78, 5) is 22.8. The molecule has 2 aliphatic carbocycles. The standard InChI is InChI=1S/C52H58N4O10S2/c1-3-29-64-52-48(55(2)68(61,62)47-19-11-14-37-15-12-26-53-51(37)47)34-45(54-65-35-36-20-22-39(23-21-36)56(59)60)43-32-38(13-7-9-27-57)42(18-8-10-28-58)49(50(43)52)44-33-40(24-25-46(44)66-52)63-30-31-67-41-16-5-4-6-17-41/h3-6,11-12,14-17,19-26,32-33,38,42,48-50,57-58H,1,7-10,13,18,27-31,34-35H2,2H3/t38-,42+,48-,49+,50+,52+/m0/s1. The lowest BCUT2D eigenvalue weighted by Gasteiger charge is -2.59. The number of fused-ring (bicyclic) bond motifs is 3. The second kappa shape index (κ2) is 22.2. The second-order valence-electron chi connectivity index (χ2n) is 17.3. The SMILES string of the molecule is C=CCO[C@@]12Oc3ccc(OCCSc4ccccc4)cc3[C@H]3[C@H](CCCCO)[C@@H](CCCCO)C=C(C(=NOCc4ccc([N+](=O)[O-])cc4)C[C@@H]1N(C)S(=O)(=O)c1cccc4cccnc14)[C@H]32. The summed E-state index contributed by atoms with van der Waals surface area (Å²) in [7, 11) is -2.79. The lowest BCUT2D eigenvalue weighted by molar-refractivity contribution is -0.384. The van der Waals surface area contributed by atoms with Crippen LogP contribution < -0.4 is 9.47 Å². The molecule has 0 unspecified atom stereocenters. The molecule has 8 rings (SSSR count). The van der Waals surface area contributed by atoms with Crippen LogP contribution in [0.15, 0.2) is 149 Å². The van der Waals surface area contributed by atoms with Gasteiger partial charge in [0.05, 0.1) is 41.3 Å². The largest absolute Gasteiger partial charge is 0.493 e. The average molecular weight is 963 g/mol. The number of unbranched alkanes of at least 4 members (excludes halogenated alkanes) is 2. The fourth-order valence-corrected chi connectivity index (χ4v) is 12.4. The second-order valence-corrected chi connectivity index (χ2v) is 20.5. The number of pyridine rings is 1. The summed E-state index contributed by atoms with van der Waals surface area (Å²) in [6.45, 7) is 4.57. The van der Waals surface area contributed by atoms with E-state index in [1.54, 1.807) is 61.4 Å². The van der Waals surface area contributed by atoms with Crippen LogP contribution in [0.25, 0.3) is 10.9 Å². The monoisotopic (exact) mass is 962 g/mol. The summed E-state index contributed by atoms with van der Waals surface area (Å²) in [5.74, 6) is -0.740. The molecule has 0 saturated heterocycles. The molecule has 1 saturated carbocycles. The van der Waals surface area contributed by atoms with Crippen molar-refractivity contribution in [1.29, 1.82) is 0 Å². The minimum absolute atomic E-state index is 0.00619. The number of hydrogen-bond donors (Lipinski definition) is 2. The molecule has 1 fully saturated rings. The van der Waals surface area contributed by atoms with E-state index in [1.165, 1.54) is 16.4 Å². The van der Waals surface area contributed by atoms with Crippen LogP contribution in [0.5, 0.6) is 11.5 Å². The van der Waals surface area contributed by atoms with Crippen LogP contribution >= 0.6 is 11.8 Å². The molecule has 3 aliphatic rings. The summed E-state index contributed by atoms with van der Waals surface area (Å²) >= 11 is 1.71. The highest BCUT2D eigenvalue weighted by atomic mass is 32.2. The van der Waals surface area contributed by atoms with Crippen molar-refractivity contribution in [2.45, 2.75) is 79.1 Å². The van der Waals surface area contributed by atoms with Gasteiger partial charge in [-0.05, 0) is 103 Å². The number of rotatable bonds is 23. The number of non-ortho nitro benzene ring substituents is 1. The summed E-state index contributed by atoms with van der Waals surface area (Å²) in [5, 5.41) is 36.9. The van der Waals surface area contributed by atoms with Crippen LogP contribution in [0.3, 0.4) is 0 Å². The number of ether oxygens (including phenoxy) is 3. The number of sulfonamides is 1. The van der Waals surface area contributed by atoms with Crippen LogP contribution in [0.2, 0.25) is 0 Å². The normalized spacial score (nSPS) is 22.5. The van der Waals surface area contributed by atoms with E-state index in [1.807, 2.05) is 48.5 Å². The molecule has 1 aromatic heterocycles. The molecule has 0 spiro atoms. The number of nitro groups is 1. The van der Waals surface area contributed by atoms with E-state index in [2.05, 4.69) is 29.8 Å². The fraction of sp³-hybridized carbons (Fsp3) is 0.385. The molecule has 358 valence electrons. The van der Waals surface area contributed by atoms with Crippen molar-refractivity contribution in [3.63, 3.8) is 0 Å². The minimum atomic E-state index is -4.33. The van der Waals surface area contributed by atoms with Crippen LogP contribution in [-0.2, 0) is 26.2 Å². The number of benzene rings is 4. The van der Waals surface area contributed by atoms with Crippen molar-refractivity contribution in [2.24, 2.45) is 22.9 Å². The van der Waals surface area contributed by atoms with Crippen molar-refractivity contribution in [3.05, 3.63) is 155 Å². The van der Waals surface area contributed by atoms with E-state index in [0.717, 1.165) is 47.5 Å². The molecule has 16 heteroatoms. The summed E-state index contributed by atoms with van der Waals surface area (Å²) in [5.41, 5.74) is 3.15. The number of aromatic nitrogens is 1. The number of hydrogen-bond acceptors (Lipinski definition) is 13. The van der Waals surface area contributed by atoms with Crippen LogP contribution in [0, 0.1) is 27.9 Å². The predicted molar refractivity (Wildman–Crippen MR) is 262 cm³/mol. The number of oxime groups is 1. The van der Waals surface area contributed by atoms with Gasteiger partial charge in [-0.15, -0.1) is 18.3 Å². The quantitative estimate of drug-likeness (QED) is 0.0208. The highest BCUT2D eigenvalue weighted by molar-refractivity contribution is 7.99. The summed E-state index contributed by atoms with van der Waals surface area (Å²) in [6, 6.07) is 29.7. The lowest BCUT2D eigenvalue weighted by Crippen LogP contribution is -2.69. The Kier molecular flexibility index (Phi) is 15.9. The van der Waals surface area contributed by atoms with Crippen molar-refractivity contribution < 1.29 is 42.6 Å². The van der Waals surface area contributed by atoms with Crippen molar-refractivity contribution in [2.75, 3.05) is 39.2 Å². The third kappa shape index (κ3) is 10.4. The first-order chi connectivity index (χ1) is 33.1. The zero-order valence-corrected chi connectivity index (χ0v) is 39.7. The highest BCUT2D eigenvalue weighted by Crippen LogP contribution is 2.62. The van der Waals surface area contributed by atoms with Crippen LogP contribution in [0.4, 0.5) is 5.69 Å². The maximum Gasteiger partial charge on any atom is 0.269 e. The van der Waals surface area contributed by atoms with Gasteiger partial charge in [0.2, 0.25) is 15.8 Å². The van der Waals surface area contributed by atoms with Crippen LogP contribution in [-0.4, -0.2) is 89.6 Å². The lowest BCUT2D eigenvalue weighted by atomic mass is 9.55. The van der Waals surface area contributed by atoms with Gasteiger partial charge in [-0.3, -0.25) is 15.1 Å². The van der Waals surface area contributed by atoms with E-state index in [9.17, 15) is 20.3 Å². The number of aliphatic hydroxyl groups excluding tert-OH is 2. The Morgan fingerprint density at radius 1 is 0.985 bits per heavy atom. The first kappa shape index (κ1) is 48.8. The number of allylic oxidation sites excluding steroid dienone is 1. The van der Waals surface area contributed by atoms with E-state index >= 15 is 8.42 Å². The first-order valence-electron chi connectivity index (χ1n) is 23.2. The third-order valence-electron chi connectivity index (χ3n) is 13.3. The van der Waals surface area contributed by atoms with Gasteiger partial charge in [-0.25, -0.2) is 8.42 Å². The molecule has 6 atom stereocenters. The van der Waals surface area contributed by atoms with E-state index in [4.69, 9.17) is 24.2 Å². The number of likely N-dealkylation sites (N-methyl/N-ethyl adjacent to an activating group) is 1. The molecule has 2 N–H and O–H groups in total. The zero-order valence-electron chi connectivity index (χ0n) is 38.1. The van der Waals surface area contributed by atoms with Gasteiger partial charge in [0.15, 0.2) is 0 Å².